The lowest BCUT2D eigenvalue weighted by Crippen LogP contribution is -2.44. The van der Waals surface area contributed by atoms with Gasteiger partial charge in [-0.3, -0.25) is 19.8 Å². The Labute approximate surface area is 177 Å². The Kier molecular flexibility index (Phi) is 5.98. The summed E-state index contributed by atoms with van der Waals surface area (Å²) in [5.74, 6) is -0.299. The van der Waals surface area contributed by atoms with E-state index in [9.17, 15) is 14.9 Å². The number of amides is 1. The fraction of sp³-hybridized carbons (Fsp3) is 0.286. The summed E-state index contributed by atoms with van der Waals surface area (Å²) in [7, 11) is 0. The molecule has 2 N–H and O–H groups in total. The third kappa shape index (κ3) is 4.16. The van der Waals surface area contributed by atoms with Crippen molar-refractivity contribution in [2.24, 2.45) is 0 Å². The van der Waals surface area contributed by atoms with Crippen LogP contribution >= 0.6 is 11.6 Å². The molecule has 8 nitrogen and oxygen atoms in total. The Bertz CT molecular complexity index is 1080. The van der Waals surface area contributed by atoms with Crippen molar-refractivity contribution in [1.29, 1.82) is 0 Å². The van der Waals surface area contributed by atoms with Crippen LogP contribution in [0.5, 0.6) is 0 Å². The molecule has 2 aromatic carbocycles. The zero-order chi connectivity index (χ0) is 21.1. The molecule has 1 saturated heterocycles. The monoisotopic (exact) mass is 428 g/mol. The molecule has 156 valence electrons. The molecule has 4 rings (SSSR count). The maximum absolute atomic E-state index is 12.9. The van der Waals surface area contributed by atoms with Crippen LogP contribution in [-0.4, -0.2) is 53.6 Å². The molecule has 0 bridgehead atoms. The molecular formula is C21H21ClN4O4. The standard InChI is InChI=1S/C21H21ClN4O4/c22-18-4-2-1-3-15(18)20(25-7-9-30-10-8-25)13-24-21(27)17-12-23-19-6-5-14(26(28)29)11-16(17)19/h1-6,11-12,20,23H,7-10,13H2,(H,24,27). The molecule has 0 aliphatic carbocycles. The Hall–Kier alpha value is -2.94. The van der Waals surface area contributed by atoms with Crippen molar-refractivity contribution in [2.75, 3.05) is 32.8 Å². The van der Waals surface area contributed by atoms with E-state index in [1.165, 1.54) is 12.1 Å². The first-order chi connectivity index (χ1) is 14.5. The summed E-state index contributed by atoms with van der Waals surface area (Å²) in [5, 5.41) is 15.2. The number of hydrogen-bond acceptors (Lipinski definition) is 5. The van der Waals surface area contributed by atoms with Crippen LogP contribution in [0.2, 0.25) is 5.02 Å². The van der Waals surface area contributed by atoms with Gasteiger partial charge in [-0.15, -0.1) is 0 Å². The molecule has 1 aromatic heterocycles. The van der Waals surface area contributed by atoms with Gasteiger partial charge in [-0.25, -0.2) is 0 Å². The molecule has 3 aromatic rings. The first kappa shape index (κ1) is 20.3. The second-order valence-corrected chi connectivity index (χ2v) is 7.49. The van der Waals surface area contributed by atoms with Crippen molar-refractivity contribution >= 4 is 34.1 Å². The lowest BCUT2D eigenvalue weighted by molar-refractivity contribution is -0.384. The van der Waals surface area contributed by atoms with Gasteiger partial charge in [-0.05, 0) is 17.7 Å². The minimum absolute atomic E-state index is 0.0570. The fourth-order valence-corrected chi connectivity index (χ4v) is 4.03. The number of nitrogens with zero attached hydrogens (tertiary/aromatic N) is 2. The highest BCUT2D eigenvalue weighted by Gasteiger charge is 2.25. The minimum Gasteiger partial charge on any atom is -0.379 e. The molecule has 1 aliphatic rings. The minimum atomic E-state index is -0.472. The number of morpholine rings is 1. The van der Waals surface area contributed by atoms with Gasteiger partial charge in [0.05, 0.1) is 29.7 Å². The topological polar surface area (TPSA) is 100 Å². The SMILES string of the molecule is O=C(NCC(c1ccccc1Cl)N1CCOCC1)c1c[nH]c2ccc([N+](=O)[O-])cc12. The van der Waals surface area contributed by atoms with Crippen LogP contribution in [-0.2, 0) is 4.74 Å². The molecule has 1 fully saturated rings. The Morgan fingerprint density at radius 3 is 2.77 bits per heavy atom. The molecule has 9 heteroatoms. The Morgan fingerprint density at radius 1 is 1.27 bits per heavy atom. The summed E-state index contributed by atoms with van der Waals surface area (Å²) in [4.78, 5) is 28.8. The van der Waals surface area contributed by atoms with E-state index in [1.54, 1.807) is 12.3 Å². The lowest BCUT2D eigenvalue weighted by Gasteiger charge is -2.35. The number of aromatic amines is 1. The molecule has 2 heterocycles. The van der Waals surface area contributed by atoms with E-state index in [0.29, 0.717) is 41.2 Å². The van der Waals surface area contributed by atoms with Crippen molar-refractivity contribution in [3.8, 4) is 0 Å². The highest BCUT2D eigenvalue weighted by atomic mass is 35.5. The van der Waals surface area contributed by atoms with Crippen LogP contribution in [0.15, 0.2) is 48.7 Å². The van der Waals surface area contributed by atoms with Crippen LogP contribution in [0.4, 0.5) is 5.69 Å². The molecule has 1 unspecified atom stereocenters. The largest absolute Gasteiger partial charge is 0.379 e. The smallest absolute Gasteiger partial charge is 0.270 e. The van der Waals surface area contributed by atoms with Crippen LogP contribution < -0.4 is 5.32 Å². The van der Waals surface area contributed by atoms with E-state index in [4.69, 9.17) is 16.3 Å². The highest BCUT2D eigenvalue weighted by Crippen LogP contribution is 2.28. The molecular weight excluding hydrogens is 408 g/mol. The number of halogens is 1. The number of fused-ring (bicyclic) bond motifs is 1. The number of benzene rings is 2. The zero-order valence-corrected chi connectivity index (χ0v) is 16.9. The van der Waals surface area contributed by atoms with Crippen molar-refractivity contribution < 1.29 is 14.5 Å². The maximum atomic E-state index is 12.9. The van der Waals surface area contributed by atoms with Gasteiger partial charge < -0.3 is 15.0 Å². The number of nitrogens with one attached hydrogen (secondary N) is 2. The summed E-state index contributed by atoms with van der Waals surface area (Å²) in [6.45, 7) is 3.09. The van der Waals surface area contributed by atoms with E-state index in [1.807, 2.05) is 24.3 Å². The summed E-state index contributed by atoms with van der Waals surface area (Å²) in [6.07, 6.45) is 1.57. The summed E-state index contributed by atoms with van der Waals surface area (Å²) in [5.41, 5.74) is 1.92. The summed E-state index contributed by atoms with van der Waals surface area (Å²) >= 11 is 6.44. The van der Waals surface area contributed by atoms with E-state index in [0.717, 1.165) is 18.7 Å². The lowest BCUT2D eigenvalue weighted by atomic mass is 10.0. The van der Waals surface area contributed by atoms with Crippen molar-refractivity contribution in [2.45, 2.75) is 6.04 Å². The van der Waals surface area contributed by atoms with Crippen molar-refractivity contribution in [3.63, 3.8) is 0 Å². The third-order valence-corrected chi connectivity index (χ3v) is 5.67. The first-order valence-corrected chi connectivity index (χ1v) is 10.0. The number of carbonyl (C=O) groups excluding carboxylic acids is 1. The zero-order valence-electron chi connectivity index (χ0n) is 16.1. The van der Waals surface area contributed by atoms with Crippen molar-refractivity contribution in [1.82, 2.24) is 15.2 Å². The van der Waals surface area contributed by atoms with E-state index in [-0.39, 0.29) is 17.6 Å². The van der Waals surface area contributed by atoms with Gasteiger partial charge in [0, 0.05) is 53.9 Å². The van der Waals surface area contributed by atoms with Gasteiger partial charge in [-0.1, -0.05) is 29.8 Å². The molecule has 0 spiro atoms. The van der Waals surface area contributed by atoms with Crippen LogP contribution in [0.1, 0.15) is 22.0 Å². The summed E-state index contributed by atoms with van der Waals surface area (Å²) < 4.78 is 5.46. The van der Waals surface area contributed by atoms with Gasteiger partial charge in [-0.2, -0.15) is 0 Å². The predicted molar refractivity (Wildman–Crippen MR) is 114 cm³/mol. The molecule has 0 radical (unpaired) electrons. The molecule has 1 atom stereocenters. The van der Waals surface area contributed by atoms with Gasteiger partial charge >= 0.3 is 0 Å². The van der Waals surface area contributed by atoms with Gasteiger partial charge in [0.15, 0.2) is 0 Å². The number of nitro groups is 1. The fourth-order valence-electron chi connectivity index (χ4n) is 3.76. The number of H-pyrrole nitrogens is 1. The van der Waals surface area contributed by atoms with E-state index in [2.05, 4.69) is 15.2 Å². The van der Waals surface area contributed by atoms with E-state index < -0.39 is 4.92 Å². The molecule has 1 aliphatic heterocycles. The average Bonchev–Trinajstić information content (AvgIpc) is 3.19. The second-order valence-electron chi connectivity index (χ2n) is 7.09. The first-order valence-electron chi connectivity index (χ1n) is 9.64. The van der Waals surface area contributed by atoms with Crippen LogP contribution in [0.25, 0.3) is 10.9 Å². The van der Waals surface area contributed by atoms with Crippen LogP contribution in [0.3, 0.4) is 0 Å². The van der Waals surface area contributed by atoms with Crippen molar-refractivity contribution in [3.05, 3.63) is 74.9 Å². The maximum Gasteiger partial charge on any atom is 0.270 e. The molecule has 30 heavy (non-hydrogen) atoms. The Morgan fingerprint density at radius 2 is 2.03 bits per heavy atom. The van der Waals surface area contributed by atoms with Gasteiger partial charge in [0.25, 0.3) is 11.6 Å². The number of hydrogen-bond donors (Lipinski definition) is 2. The number of rotatable bonds is 6. The van der Waals surface area contributed by atoms with Gasteiger partial charge in [0.2, 0.25) is 0 Å². The normalized spacial score (nSPS) is 15.8. The number of aromatic nitrogens is 1. The number of ether oxygens (including phenoxy) is 1. The summed E-state index contributed by atoms with van der Waals surface area (Å²) in [6, 6.07) is 11.9. The number of carbonyl (C=O) groups is 1. The van der Waals surface area contributed by atoms with E-state index >= 15 is 0 Å². The van der Waals surface area contributed by atoms with Gasteiger partial charge in [0.1, 0.15) is 0 Å². The molecule has 1 amide bonds. The Balaban J connectivity index is 1.57. The second kappa shape index (κ2) is 8.83. The molecule has 0 saturated carbocycles. The predicted octanol–water partition coefficient (Wildman–Crippen LogP) is 3.53. The number of non-ortho nitro benzene ring substituents is 1. The highest BCUT2D eigenvalue weighted by molar-refractivity contribution is 6.31. The third-order valence-electron chi connectivity index (χ3n) is 5.33. The van der Waals surface area contributed by atoms with Crippen LogP contribution in [0, 0.1) is 10.1 Å². The number of nitro benzene ring substituents is 1. The quantitative estimate of drug-likeness (QED) is 0.462. The average molecular weight is 429 g/mol.